The molecule has 4 rings (SSSR count). The molecule has 8 heteroatoms. The lowest BCUT2D eigenvalue weighted by atomic mass is 9.85. The fourth-order valence-corrected chi connectivity index (χ4v) is 3.61. The number of aryl methyl sites for hydroxylation is 1. The summed E-state index contributed by atoms with van der Waals surface area (Å²) in [6.45, 7) is 3.09. The van der Waals surface area contributed by atoms with E-state index in [-0.39, 0.29) is 5.91 Å². The number of hydrogen-bond donors (Lipinski definition) is 1. The average molecular weight is 333 g/mol. The van der Waals surface area contributed by atoms with Crippen molar-refractivity contribution in [3.05, 3.63) is 23.2 Å². The van der Waals surface area contributed by atoms with Crippen molar-refractivity contribution in [3.63, 3.8) is 0 Å². The minimum Gasteiger partial charge on any atom is -0.445 e. The van der Waals surface area contributed by atoms with E-state index in [1.54, 1.807) is 0 Å². The Morgan fingerprint density at radius 2 is 2.30 bits per heavy atom. The Hall–Kier alpha value is -1.83. The molecule has 23 heavy (non-hydrogen) atoms. The van der Waals surface area contributed by atoms with E-state index in [1.807, 2.05) is 11.8 Å². The molecule has 1 saturated carbocycles. The molecule has 122 valence electrons. The van der Waals surface area contributed by atoms with Crippen LogP contribution in [-0.4, -0.2) is 43.3 Å². The van der Waals surface area contributed by atoms with Crippen LogP contribution in [-0.2, 0) is 17.8 Å². The SMILES string of the molecule is Cc1nc(SCC(=O)N2CCc3oc(C4CCC4)nc3C2)n[nH]1. The molecule has 1 aliphatic carbocycles. The minimum absolute atomic E-state index is 0.0938. The van der Waals surface area contributed by atoms with Gasteiger partial charge in [-0.2, -0.15) is 0 Å². The van der Waals surface area contributed by atoms with Gasteiger partial charge in [-0.15, -0.1) is 5.10 Å². The second-order valence-corrected chi connectivity index (χ2v) is 7.05. The van der Waals surface area contributed by atoms with Gasteiger partial charge in [0.05, 0.1) is 12.3 Å². The lowest BCUT2D eigenvalue weighted by Gasteiger charge is -2.25. The van der Waals surface area contributed by atoms with Gasteiger partial charge in [0.25, 0.3) is 0 Å². The first-order chi connectivity index (χ1) is 11.2. The molecular weight excluding hydrogens is 314 g/mol. The van der Waals surface area contributed by atoms with E-state index in [1.165, 1.54) is 31.0 Å². The molecule has 1 aliphatic heterocycles. The summed E-state index contributed by atoms with van der Waals surface area (Å²) in [6, 6.07) is 0. The van der Waals surface area contributed by atoms with Crippen molar-refractivity contribution in [1.29, 1.82) is 0 Å². The predicted molar refractivity (Wildman–Crippen MR) is 84.1 cm³/mol. The number of aromatic amines is 1. The number of rotatable bonds is 4. The summed E-state index contributed by atoms with van der Waals surface area (Å²) in [6.07, 6.45) is 4.37. The van der Waals surface area contributed by atoms with Crippen molar-refractivity contribution < 1.29 is 9.21 Å². The maximum Gasteiger partial charge on any atom is 0.233 e. The van der Waals surface area contributed by atoms with Gasteiger partial charge in [0, 0.05) is 18.9 Å². The predicted octanol–water partition coefficient (Wildman–Crippen LogP) is 2.05. The van der Waals surface area contributed by atoms with Gasteiger partial charge in [0.2, 0.25) is 11.1 Å². The second kappa shape index (κ2) is 5.99. The number of thioether (sulfide) groups is 1. The number of H-pyrrole nitrogens is 1. The Morgan fingerprint density at radius 1 is 1.43 bits per heavy atom. The summed E-state index contributed by atoms with van der Waals surface area (Å²) in [5, 5.41) is 7.43. The topological polar surface area (TPSA) is 87.9 Å². The molecule has 1 fully saturated rings. The van der Waals surface area contributed by atoms with Crippen LogP contribution in [0.25, 0.3) is 0 Å². The Morgan fingerprint density at radius 3 is 3.00 bits per heavy atom. The van der Waals surface area contributed by atoms with Crippen LogP contribution in [0.1, 0.15) is 48.3 Å². The first-order valence-corrected chi connectivity index (χ1v) is 8.95. The molecule has 3 heterocycles. The molecule has 0 radical (unpaired) electrons. The molecule has 7 nitrogen and oxygen atoms in total. The summed E-state index contributed by atoms with van der Waals surface area (Å²) < 4.78 is 5.89. The van der Waals surface area contributed by atoms with Crippen molar-refractivity contribution in [3.8, 4) is 0 Å². The fourth-order valence-electron chi connectivity index (χ4n) is 2.87. The van der Waals surface area contributed by atoms with Crippen LogP contribution in [0.4, 0.5) is 0 Å². The highest BCUT2D eigenvalue weighted by molar-refractivity contribution is 7.99. The Labute approximate surface area is 138 Å². The lowest BCUT2D eigenvalue weighted by Crippen LogP contribution is -2.36. The van der Waals surface area contributed by atoms with Crippen LogP contribution in [0.3, 0.4) is 0 Å². The van der Waals surface area contributed by atoms with Gasteiger partial charge in [0.1, 0.15) is 17.3 Å². The molecule has 2 aliphatic rings. The third kappa shape index (κ3) is 2.99. The van der Waals surface area contributed by atoms with Gasteiger partial charge in [-0.05, 0) is 19.8 Å². The van der Waals surface area contributed by atoms with Crippen LogP contribution in [0.5, 0.6) is 0 Å². The van der Waals surface area contributed by atoms with Crippen molar-refractivity contribution in [1.82, 2.24) is 25.1 Å². The maximum atomic E-state index is 12.4. The molecule has 2 aromatic heterocycles. The van der Waals surface area contributed by atoms with Crippen LogP contribution in [0.15, 0.2) is 9.57 Å². The van der Waals surface area contributed by atoms with Crippen LogP contribution < -0.4 is 0 Å². The van der Waals surface area contributed by atoms with Crippen molar-refractivity contribution in [2.24, 2.45) is 0 Å². The Balaban J connectivity index is 1.37. The van der Waals surface area contributed by atoms with E-state index in [4.69, 9.17) is 4.42 Å². The number of nitrogens with zero attached hydrogens (tertiary/aromatic N) is 4. The molecule has 2 aromatic rings. The highest BCUT2D eigenvalue weighted by Crippen LogP contribution is 2.37. The van der Waals surface area contributed by atoms with Gasteiger partial charge >= 0.3 is 0 Å². The number of aromatic nitrogens is 4. The number of carbonyl (C=O) groups excluding carboxylic acids is 1. The number of amides is 1. The molecule has 0 unspecified atom stereocenters. The number of carbonyl (C=O) groups is 1. The van der Waals surface area contributed by atoms with E-state index in [0.29, 0.717) is 29.9 Å². The summed E-state index contributed by atoms with van der Waals surface area (Å²) >= 11 is 1.36. The van der Waals surface area contributed by atoms with Gasteiger partial charge in [-0.3, -0.25) is 9.89 Å². The average Bonchev–Trinajstić information content (AvgIpc) is 3.08. The molecule has 0 spiro atoms. The zero-order chi connectivity index (χ0) is 15.8. The lowest BCUT2D eigenvalue weighted by molar-refractivity contribution is -0.129. The van der Waals surface area contributed by atoms with Crippen molar-refractivity contribution in [2.75, 3.05) is 12.3 Å². The summed E-state index contributed by atoms with van der Waals surface area (Å²) in [5.74, 6) is 3.54. The smallest absolute Gasteiger partial charge is 0.233 e. The van der Waals surface area contributed by atoms with Crippen molar-refractivity contribution in [2.45, 2.75) is 50.2 Å². The van der Waals surface area contributed by atoms with Gasteiger partial charge in [0.15, 0.2) is 5.89 Å². The van der Waals surface area contributed by atoms with E-state index in [2.05, 4.69) is 20.2 Å². The van der Waals surface area contributed by atoms with E-state index < -0.39 is 0 Å². The molecule has 0 bridgehead atoms. The fraction of sp³-hybridized carbons (Fsp3) is 0.600. The van der Waals surface area contributed by atoms with E-state index in [0.717, 1.165) is 29.6 Å². The van der Waals surface area contributed by atoms with Crippen molar-refractivity contribution >= 4 is 17.7 Å². The molecule has 0 aromatic carbocycles. The highest BCUT2D eigenvalue weighted by Gasteiger charge is 2.30. The van der Waals surface area contributed by atoms with Gasteiger partial charge in [-0.25, -0.2) is 9.97 Å². The maximum absolute atomic E-state index is 12.4. The largest absolute Gasteiger partial charge is 0.445 e. The van der Waals surface area contributed by atoms with Crippen LogP contribution in [0.2, 0.25) is 0 Å². The number of oxazole rings is 1. The highest BCUT2D eigenvalue weighted by atomic mass is 32.2. The van der Waals surface area contributed by atoms with E-state index >= 15 is 0 Å². The number of hydrogen-bond acceptors (Lipinski definition) is 6. The van der Waals surface area contributed by atoms with Gasteiger partial charge < -0.3 is 9.32 Å². The summed E-state index contributed by atoms with van der Waals surface area (Å²) in [4.78, 5) is 23.1. The molecule has 0 saturated heterocycles. The molecule has 0 atom stereocenters. The van der Waals surface area contributed by atoms with Crippen LogP contribution in [0, 0.1) is 6.92 Å². The van der Waals surface area contributed by atoms with E-state index in [9.17, 15) is 4.79 Å². The first-order valence-electron chi connectivity index (χ1n) is 7.97. The van der Waals surface area contributed by atoms with Gasteiger partial charge in [-0.1, -0.05) is 18.2 Å². The third-order valence-electron chi connectivity index (χ3n) is 4.45. The second-order valence-electron chi connectivity index (χ2n) is 6.11. The number of nitrogens with one attached hydrogen (secondary N) is 1. The normalized spacial score (nSPS) is 17.9. The Kier molecular flexibility index (Phi) is 3.84. The quantitative estimate of drug-likeness (QED) is 0.862. The monoisotopic (exact) mass is 333 g/mol. The first kappa shape index (κ1) is 14.7. The zero-order valence-corrected chi connectivity index (χ0v) is 13.9. The minimum atomic E-state index is 0.0938. The van der Waals surface area contributed by atoms with Crippen LogP contribution >= 0.6 is 11.8 Å². The molecule has 1 amide bonds. The third-order valence-corrected chi connectivity index (χ3v) is 5.28. The summed E-state index contributed by atoms with van der Waals surface area (Å²) in [5.41, 5.74) is 0.935. The Bertz CT molecular complexity index is 721. The standard InChI is InChI=1S/C15H19N5O2S/c1-9-16-15(19-18-9)23-8-13(21)20-6-5-12-11(7-20)17-14(22-12)10-3-2-4-10/h10H,2-8H2,1H3,(H,16,18,19). The number of fused-ring (bicyclic) bond motifs is 1. The molecule has 1 N–H and O–H groups in total. The summed E-state index contributed by atoms with van der Waals surface area (Å²) in [7, 11) is 0. The zero-order valence-electron chi connectivity index (χ0n) is 13.0. The molecular formula is C15H19N5O2S.